The Morgan fingerprint density at radius 2 is 2.00 bits per heavy atom. The maximum atomic E-state index is 15.6. The highest BCUT2D eigenvalue weighted by Gasteiger charge is 2.49. The molecule has 1 amide bonds. The number of rotatable bonds is 3. The molecule has 1 heterocycles. The number of carbonyl (C=O) groups is 2. The van der Waals surface area contributed by atoms with E-state index in [1.54, 1.807) is 0 Å². The number of ketones is 1. The molecule has 126 valence electrons. The molecule has 0 bridgehead atoms. The second-order valence-electron chi connectivity index (χ2n) is 6.41. The monoisotopic (exact) mass is 347 g/mol. The van der Waals surface area contributed by atoms with Crippen LogP contribution in [-0.2, 0) is 9.59 Å². The third kappa shape index (κ3) is 2.69. The maximum Gasteiger partial charge on any atom is 0.223 e. The zero-order valence-electron chi connectivity index (χ0n) is 13.7. The minimum atomic E-state index is -1.94. The molecule has 24 heavy (non-hydrogen) atoms. The molecule has 0 saturated carbocycles. The zero-order chi connectivity index (χ0) is 17.5. The molecule has 0 aromatic heterocycles. The summed E-state index contributed by atoms with van der Waals surface area (Å²) in [6.07, 6.45) is 2.48. The molecule has 1 aromatic carbocycles. The Bertz CT molecular complexity index is 752. The number of likely N-dealkylation sites (tertiary alicyclic amines) is 1. The van der Waals surface area contributed by atoms with Crippen molar-refractivity contribution in [3.8, 4) is 0 Å². The van der Waals surface area contributed by atoms with Crippen LogP contribution < -0.4 is 0 Å². The number of hydrogen-bond acceptors (Lipinski definition) is 2. The smallest absolute Gasteiger partial charge is 0.223 e. The second-order valence-corrected chi connectivity index (χ2v) is 6.82. The van der Waals surface area contributed by atoms with E-state index >= 15 is 4.39 Å². The first-order valence-corrected chi connectivity index (χ1v) is 8.38. The van der Waals surface area contributed by atoms with Crippen molar-refractivity contribution in [1.29, 1.82) is 0 Å². The van der Waals surface area contributed by atoms with Gasteiger partial charge in [0.15, 0.2) is 11.5 Å². The predicted molar refractivity (Wildman–Crippen MR) is 92.2 cm³/mol. The van der Waals surface area contributed by atoms with E-state index < -0.39 is 11.7 Å². The molecule has 0 N–H and O–H groups in total. The van der Waals surface area contributed by atoms with Crippen LogP contribution in [0.2, 0.25) is 0 Å². The number of allylic oxidation sites excluding steroid dienone is 2. The SMILES string of the molecule is CC(=O)C1=C(c2ccccc2)C(N2CCCC2=O)C(C)(F)C(Cl)=C1. The van der Waals surface area contributed by atoms with Crippen LogP contribution >= 0.6 is 11.6 Å². The second kappa shape index (κ2) is 6.17. The summed E-state index contributed by atoms with van der Waals surface area (Å²) in [6.45, 7) is 3.28. The Labute approximate surface area is 145 Å². The fraction of sp³-hybridized carbons (Fsp3) is 0.368. The molecule has 2 unspecified atom stereocenters. The molecule has 1 fully saturated rings. The number of amides is 1. The van der Waals surface area contributed by atoms with Gasteiger partial charge in [0.1, 0.15) is 0 Å². The van der Waals surface area contributed by atoms with E-state index in [1.807, 2.05) is 30.3 Å². The van der Waals surface area contributed by atoms with Gasteiger partial charge in [0, 0.05) is 18.5 Å². The molecule has 0 spiro atoms. The van der Waals surface area contributed by atoms with Crippen LogP contribution in [0.4, 0.5) is 4.39 Å². The Kier molecular flexibility index (Phi) is 4.35. The van der Waals surface area contributed by atoms with Gasteiger partial charge in [0.2, 0.25) is 5.91 Å². The number of alkyl halides is 1. The van der Waals surface area contributed by atoms with Crippen LogP contribution in [-0.4, -0.2) is 34.8 Å². The van der Waals surface area contributed by atoms with Crippen molar-refractivity contribution in [3.05, 3.63) is 52.6 Å². The lowest BCUT2D eigenvalue weighted by Gasteiger charge is -2.42. The molecule has 1 aromatic rings. The zero-order valence-corrected chi connectivity index (χ0v) is 14.4. The number of hydrogen-bond donors (Lipinski definition) is 0. The average molecular weight is 348 g/mol. The van der Waals surface area contributed by atoms with E-state index in [2.05, 4.69) is 0 Å². The van der Waals surface area contributed by atoms with E-state index in [4.69, 9.17) is 11.6 Å². The summed E-state index contributed by atoms with van der Waals surface area (Å²) in [5.74, 6) is -0.300. The average Bonchev–Trinajstić information content (AvgIpc) is 2.95. The molecule has 1 aliphatic heterocycles. The Balaban J connectivity index is 2.26. The molecule has 3 nitrogen and oxygen atoms in total. The van der Waals surface area contributed by atoms with Gasteiger partial charge < -0.3 is 4.90 Å². The number of halogens is 2. The van der Waals surface area contributed by atoms with Crippen molar-refractivity contribution < 1.29 is 14.0 Å². The van der Waals surface area contributed by atoms with Crippen molar-refractivity contribution in [3.63, 3.8) is 0 Å². The Morgan fingerprint density at radius 3 is 2.54 bits per heavy atom. The molecule has 1 aliphatic carbocycles. The van der Waals surface area contributed by atoms with Crippen molar-refractivity contribution in [2.24, 2.45) is 0 Å². The largest absolute Gasteiger partial charge is 0.332 e. The van der Waals surface area contributed by atoms with Crippen LogP contribution in [0.1, 0.15) is 32.3 Å². The van der Waals surface area contributed by atoms with Gasteiger partial charge in [-0.1, -0.05) is 41.9 Å². The maximum absolute atomic E-state index is 15.6. The van der Waals surface area contributed by atoms with Gasteiger partial charge in [0.25, 0.3) is 0 Å². The van der Waals surface area contributed by atoms with Crippen LogP contribution in [0.15, 0.2) is 47.0 Å². The first-order valence-electron chi connectivity index (χ1n) is 8.00. The normalized spacial score (nSPS) is 27.5. The number of carbonyl (C=O) groups excluding carboxylic acids is 2. The highest BCUT2D eigenvalue weighted by Crippen LogP contribution is 2.46. The van der Waals surface area contributed by atoms with Crippen molar-refractivity contribution in [2.45, 2.75) is 38.4 Å². The van der Waals surface area contributed by atoms with Crippen LogP contribution in [0, 0.1) is 0 Å². The van der Waals surface area contributed by atoms with E-state index in [1.165, 1.54) is 24.8 Å². The van der Waals surface area contributed by atoms with E-state index in [0.29, 0.717) is 30.5 Å². The van der Waals surface area contributed by atoms with E-state index in [-0.39, 0.29) is 16.7 Å². The number of Topliss-reactive ketones (excluding diaryl/α,β-unsaturated/α-hetero) is 1. The first-order chi connectivity index (χ1) is 11.3. The molecule has 5 heteroatoms. The van der Waals surface area contributed by atoms with Gasteiger partial charge in [-0.15, -0.1) is 0 Å². The summed E-state index contributed by atoms with van der Waals surface area (Å²) >= 11 is 6.18. The fourth-order valence-electron chi connectivity index (χ4n) is 3.51. The topological polar surface area (TPSA) is 37.4 Å². The number of nitrogens with zero attached hydrogens (tertiary/aromatic N) is 1. The quantitative estimate of drug-likeness (QED) is 0.832. The highest BCUT2D eigenvalue weighted by atomic mass is 35.5. The first kappa shape index (κ1) is 16.9. The van der Waals surface area contributed by atoms with Crippen LogP contribution in [0.5, 0.6) is 0 Å². The fourth-order valence-corrected chi connectivity index (χ4v) is 3.72. The van der Waals surface area contributed by atoms with Gasteiger partial charge in [-0.25, -0.2) is 4.39 Å². The summed E-state index contributed by atoms with van der Waals surface area (Å²) in [5, 5.41) is -0.0444. The summed E-state index contributed by atoms with van der Waals surface area (Å²) in [7, 11) is 0. The minimum absolute atomic E-state index is 0.0444. The van der Waals surface area contributed by atoms with Gasteiger partial charge in [0.05, 0.1) is 11.1 Å². The molecule has 2 aliphatic rings. The third-order valence-corrected chi connectivity index (χ3v) is 5.18. The van der Waals surface area contributed by atoms with E-state index in [0.717, 1.165) is 5.56 Å². The predicted octanol–water partition coefficient (Wildman–Crippen LogP) is 3.88. The van der Waals surface area contributed by atoms with Crippen molar-refractivity contribution in [2.75, 3.05) is 6.54 Å². The van der Waals surface area contributed by atoms with Crippen molar-refractivity contribution in [1.82, 2.24) is 4.90 Å². The lowest BCUT2D eigenvalue weighted by atomic mass is 9.78. The Morgan fingerprint density at radius 1 is 1.33 bits per heavy atom. The summed E-state index contributed by atoms with van der Waals surface area (Å²) in [6, 6.07) is 8.28. The minimum Gasteiger partial charge on any atom is -0.332 e. The molecule has 2 atom stereocenters. The number of benzene rings is 1. The lowest BCUT2D eigenvalue weighted by molar-refractivity contribution is -0.130. The van der Waals surface area contributed by atoms with E-state index in [9.17, 15) is 9.59 Å². The molecular formula is C19H19ClFNO2. The highest BCUT2D eigenvalue weighted by molar-refractivity contribution is 6.32. The van der Waals surface area contributed by atoms with Gasteiger partial charge >= 0.3 is 0 Å². The summed E-state index contributed by atoms with van der Waals surface area (Å²) in [4.78, 5) is 26.0. The van der Waals surface area contributed by atoms with Gasteiger partial charge in [-0.3, -0.25) is 9.59 Å². The van der Waals surface area contributed by atoms with Gasteiger partial charge in [-0.2, -0.15) is 0 Å². The summed E-state index contributed by atoms with van der Waals surface area (Å²) in [5.41, 5.74) is -0.304. The van der Waals surface area contributed by atoms with Crippen molar-refractivity contribution >= 4 is 28.9 Å². The van der Waals surface area contributed by atoms with Gasteiger partial charge in [-0.05, 0) is 37.5 Å². The molecule has 0 radical (unpaired) electrons. The molecular weight excluding hydrogens is 329 g/mol. The van der Waals surface area contributed by atoms with Crippen LogP contribution in [0.25, 0.3) is 5.57 Å². The molecule has 3 rings (SSSR count). The standard InChI is InChI=1S/C19H19ClFNO2/c1-12(23)14-11-15(20)19(2,21)18(22-10-6-9-16(22)24)17(14)13-7-4-3-5-8-13/h3-5,7-8,11,18H,6,9-10H2,1-2H3. The summed E-state index contributed by atoms with van der Waals surface area (Å²) < 4.78 is 15.6. The lowest BCUT2D eigenvalue weighted by Crippen LogP contribution is -2.52. The van der Waals surface area contributed by atoms with Crippen LogP contribution in [0.3, 0.4) is 0 Å². The third-order valence-electron chi connectivity index (χ3n) is 4.70. The molecule has 1 saturated heterocycles. The Hall–Kier alpha value is -1.94.